The highest BCUT2D eigenvalue weighted by Crippen LogP contribution is 2.22. The molecule has 10 heteroatoms. The second-order valence-electron chi connectivity index (χ2n) is 4.22. The number of nitro benzene ring substituents is 1. The molecule has 1 heterocycles. The van der Waals surface area contributed by atoms with Gasteiger partial charge in [-0.25, -0.2) is 10.1 Å². The molecular weight excluding hydrogens is 290 g/mol. The van der Waals surface area contributed by atoms with Gasteiger partial charge in [-0.3, -0.25) is 10.1 Å². The zero-order valence-corrected chi connectivity index (χ0v) is 12.1. The normalized spacial score (nSPS) is 10.8. The predicted octanol–water partition coefficient (Wildman–Crippen LogP) is 0.917. The van der Waals surface area contributed by atoms with Crippen LogP contribution in [0.4, 0.5) is 11.6 Å². The van der Waals surface area contributed by atoms with Crippen molar-refractivity contribution in [2.45, 2.75) is 13.3 Å². The van der Waals surface area contributed by atoms with E-state index in [9.17, 15) is 10.1 Å². The summed E-state index contributed by atoms with van der Waals surface area (Å²) in [5.74, 6) is 7.08. The van der Waals surface area contributed by atoms with E-state index in [1.54, 1.807) is 0 Å². The Morgan fingerprint density at radius 2 is 2.32 bits per heavy atom. The number of nitro groups is 1. The van der Waals surface area contributed by atoms with Crippen LogP contribution in [0.2, 0.25) is 0 Å². The lowest BCUT2D eigenvalue weighted by molar-refractivity contribution is -0.384. The van der Waals surface area contributed by atoms with E-state index in [0.29, 0.717) is 23.6 Å². The molecule has 116 valence electrons. The first kappa shape index (κ1) is 15.2. The minimum Gasteiger partial charge on any atom is -0.496 e. The Balaban J connectivity index is 2.20. The molecule has 0 unspecified atom stereocenters. The molecule has 0 saturated carbocycles. The first-order valence-electron chi connectivity index (χ1n) is 6.37. The van der Waals surface area contributed by atoms with Crippen LogP contribution in [-0.4, -0.2) is 33.1 Å². The van der Waals surface area contributed by atoms with Crippen molar-refractivity contribution in [3.05, 3.63) is 39.7 Å². The molecule has 0 aliphatic heterocycles. The molecule has 0 spiro atoms. The number of methoxy groups -OCH3 is 1. The van der Waals surface area contributed by atoms with Crippen LogP contribution in [0.25, 0.3) is 0 Å². The fourth-order valence-electron chi connectivity index (χ4n) is 1.74. The second-order valence-corrected chi connectivity index (χ2v) is 4.22. The van der Waals surface area contributed by atoms with E-state index in [4.69, 9.17) is 10.6 Å². The van der Waals surface area contributed by atoms with Gasteiger partial charge in [-0.05, 0) is 6.07 Å². The quantitative estimate of drug-likeness (QED) is 0.350. The van der Waals surface area contributed by atoms with Gasteiger partial charge in [-0.1, -0.05) is 6.92 Å². The van der Waals surface area contributed by atoms with Gasteiger partial charge in [-0.2, -0.15) is 5.10 Å². The van der Waals surface area contributed by atoms with Crippen molar-refractivity contribution < 1.29 is 9.66 Å². The summed E-state index contributed by atoms with van der Waals surface area (Å²) in [6.45, 7) is 1.90. The van der Waals surface area contributed by atoms with Gasteiger partial charge in [0.25, 0.3) is 11.6 Å². The molecular formula is C12H15N7O3. The predicted molar refractivity (Wildman–Crippen MR) is 80.4 cm³/mol. The molecule has 0 radical (unpaired) electrons. The SMILES string of the molecule is CCc1nnc(N/N=C/c2cc([N+](=O)[O-])ccc2OC)n1N. The fourth-order valence-corrected chi connectivity index (χ4v) is 1.74. The number of non-ortho nitro benzene ring substituents is 1. The van der Waals surface area contributed by atoms with Crippen LogP contribution in [0.1, 0.15) is 18.3 Å². The van der Waals surface area contributed by atoms with Gasteiger partial charge in [-0.15, -0.1) is 10.2 Å². The smallest absolute Gasteiger partial charge is 0.270 e. The molecule has 3 N–H and O–H groups in total. The zero-order chi connectivity index (χ0) is 16.1. The van der Waals surface area contributed by atoms with Gasteiger partial charge in [0.15, 0.2) is 5.82 Å². The number of hydrogen-bond acceptors (Lipinski definition) is 8. The second kappa shape index (κ2) is 6.52. The molecule has 0 bridgehead atoms. The fraction of sp³-hybridized carbons (Fsp3) is 0.250. The number of aryl methyl sites for hydroxylation is 1. The summed E-state index contributed by atoms with van der Waals surface area (Å²) >= 11 is 0. The zero-order valence-electron chi connectivity index (χ0n) is 12.1. The first-order chi connectivity index (χ1) is 10.6. The molecule has 22 heavy (non-hydrogen) atoms. The van der Waals surface area contributed by atoms with Gasteiger partial charge in [0, 0.05) is 24.1 Å². The molecule has 10 nitrogen and oxygen atoms in total. The molecule has 1 aromatic heterocycles. The first-order valence-corrected chi connectivity index (χ1v) is 6.37. The third-order valence-corrected chi connectivity index (χ3v) is 2.87. The average Bonchev–Trinajstić information content (AvgIpc) is 2.87. The minimum atomic E-state index is -0.492. The molecule has 1 aromatic carbocycles. The van der Waals surface area contributed by atoms with E-state index >= 15 is 0 Å². The minimum absolute atomic E-state index is 0.0579. The van der Waals surface area contributed by atoms with E-state index in [-0.39, 0.29) is 11.6 Å². The maximum absolute atomic E-state index is 10.8. The lowest BCUT2D eigenvalue weighted by Crippen LogP contribution is -2.14. The summed E-state index contributed by atoms with van der Waals surface area (Å²) in [6, 6.07) is 4.21. The van der Waals surface area contributed by atoms with Crippen molar-refractivity contribution >= 4 is 17.9 Å². The number of nitrogens with one attached hydrogen (secondary N) is 1. The topological polar surface area (TPSA) is 133 Å². The number of hydrogen-bond donors (Lipinski definition) is 2. The van der Waals surface area contributed by atoms with Crippen LogP contribution >= 0.6 is 0 Å². The number of nitrogen functional groups attached to an aromatic ring is 1. The average molecular weight is 305 g/mol. The summed E-state index contributed by atoms with van der Waals surface area (Å²) in [7, 11) is 1.47. The van der Waals surface area contributed by atoms with Crippen LogP contribution in [0.5, 0.6) is 5.75 Å². The van der Waals surface area contributed by atoms with Gasteiger partial charge < -0.3 is 10.6 Å². The van der Waals surface area contributed by atoms with Crippen LogP contribution < -0.4 is 16.0 Å². The Morgan fingerprint density at radius 3 is 2.91 bits per heavy atom. The van der Waals surface area contributed by atoms with E-state index in [1.807, 2.05) is 6.92 Å². The van der Waals surface area contributed by atoms with Gasteiger partial charge in [0.2, 0.25) is 0 Å². The van der Waals surface area contributed by atoms with Crippen molar-refractivity contribution in [3.8, 4) is 5.75 Å². The van der Waals surface area contributed by atoms with Crippen LogP contribution in [0, 0.1) is 10.1 Å². The maximum Gasteiger partial charge on any atom is 0.270 e. The summed E-state index contributed by atoms with van der Waals surface area (Å²) in [5, 5.41) is 22.4. The van der Waals surface area contributed by atoms with E-state index < -0.39 is 4.92 Å². The monoisotopic (exact) mass is 305 g/mol. The Morgan fingerprint density at radius 1 is 1.55 bits per heavy atom. The highest BCUT2D eigenvalue weighted by atomic mass is 16.6. The van der Waals surface area contributed by atoms with Crippen molar-refractivity contribution in [2.24, 2.45) is 5.10 Å². The number of ether oxygens (including phenoxy) is 1. The largest absolute Gasteiger partial charge is 0.496 e. The van der Waals surface area contributed by atoms with Gasteiger partial charge in [0.1, 0.15) is 5.75 Å². The van der Waals surface area contributed by atoms with Crippen LogP contribution in [0.3, 0.4) is 0 Å². The van der Waals surface area contributed by atoms with Crippen molar-refractivity contribution in [1.29, 1.82) is 0 Å². The summed E-state index contributed by atoms with van der Waals surface area (Å²) < 4.78 is 6.41. The van der Waals surface area contributed by atoms with Gasteiger partial charge in [0.05, 0.1) is 18.2 Å². The molecule has 0 saturated heterocycles. The Labute approximate surface area is 125 Å². The number of aromatic nitrogens is 3. The number of rotatable bonds is 6. The Bertz CT molecular complexity index is 711. The molecule has 2 aromatic rings. The lowest BCUT2D eigenvalue weighted by Gasteiger charge is -2.04. The summed E-state index contributed by atoms with van der Waals surface area (Å²) in [4.78, 5) is 10.3. The number of benzene rings is 1. The Kier molecular flexibility index (Phi) is 4.51. The number of nitrogens with zero attached hydrogens (tertiary/aromatic N) is 5. The highest BCUT2D eigenvalue weighted by Gasteiger charge is 2.10. The highest BCUT2D eigenvalue weighted by molar-refractivity contribution is 5.85. The molecule has 0 fully saturated rings. The van der Waals surface area contributed by atoms with E-state index in [1.165, 1.54) is 36.2 Å². The van der Waals surface area contributed by atoms with Crippen molar-refractivity contribution in [2.75, 3.05) is 18.4 Å². The summed E-state index contributed by atoms with van der Waals surface area (Å²) in [6.07, 6.45) is 2.01. The molecule has 0 aliphatic rings. The number of anilines is 1. The van der Waals surface area contributed by atoms with Gasteiger partial charge >= 0.3 is 0 Å². The summed E-state index contributed by atoms with van der Waals surface area (Å²) in [5.41, 5.74) is 3.01. The molecule has 0 aliphatic carbocycles. The molecule has 0 atom stereocenters. The number of nitrogens with two attached hydrogens (primary N) is 1. The standard InChI is InChI=1S/C12H15N7O3/c1-3-11-15-17-12(18(11)13)16-14-7-8-6-9(19(20)21)4-5-10(8)22-2/h4-7H,3,13H2,1-2H3,(H,16,17)/b14-7+. The third kappa shape index (κ3) is 3.11. The maximum atomic E-state index is 10.8. The Hall–Kier alpha value is -3.17. The van der Waals surface area contributed by atoms with Crippen molar-refractivity contribution in [3.63, 3.8) is 0 Å². The van der Waals surface area contributed by atoms with E-state index in [2.05, 4.69) is 20.7 Å². The van der Waals surface area contributed by atoms with E-state index in [0.717, 1.165) is 0 Å². The third-order valence-electron chi connectivity index (χ3n) is 2.87. The van der Waals surface area contributed by atoms with Crippen LogP contribution in [0.15, 0.2) is 23.3 Å². The van der Waals surface area contributed by atoms with Crippen molar-refractivity contribution in [1.82, 2.24) is 14.9 Å². The molecule has 2 rings (SSSR count). The number of hydrazone groups is 1. The van der Waals surface area contributed by atoms with Crippen LogP contribution in [-0.2, 0) is 6.42 Å². The lowest BCUT2D eigenvalue weighted by atomic mass is 10.2. The molecule has 0 amide bonds.